The zero-order valence-electron chi connectivity index (χ0n) is 16.5. The first-order valence-electron chi connectivity index (χ1n) is 8.39. The highest BCUT2D eigenvalue weighted by atomic mass is 35.5. The third-order valence-electron chi connectivity index (χ3n) is 3.91. The lowest BCUT2D eigenvalue weighted by Gasteiger charge is -2.12. The van der Waals surface area contributed by atoms with Crippen LogP contribution in [0.15, 0.2) is 24.3 Å². The van der Waals surface area contributed by atoms with Crippen molar-refractivity contribution in [3.05, 3.63) is 46.5 Å². The van der Waals surface area contributed by atoms with Gasteiger partial charge in [0.15, 0.2) is 23.0 Å². The first-order chi connectivity index (χ1) is 13.5. The Morgan fingerprint density at radius 3 is 1.50 bits per heavy atom. The number of ether oxygens (including phenoxy) is 4. The van der Waals surface area contributed by atoms with E-state index in [0.717, 1.165) is 16.7 Å². The monoisotopic (exact) mass is 430 g/mol. The fourth-order valence-electron chi connectivity index (χ4n) is 2.62. The second kappa shape index (κ2) is 12.6. The lowest BCUT2D eigenvalue weighted by molar-refractivity contribution is 0.269. The maximum atomic E-state index is 9.13. The summed E-state index contributed by atoms with van der Waals surface area (Å²) in [5.41, 5.74) is 3.29. The molecule has 0 saturated carbocycles. The second-order valence-corrected chi connectivity index (χ2v) is 6.17. The smallest absolute Gasteiger partial charge is 0.166 e. The van der Waals surface area contributed by atoms with Crippen LogP contribution in [0, 0.1) is 0 Å². The Morgan fingerprint density at radius 2 is 1.18 bits per heavy atom. The van der Waals surface area contributed by atoms with Gasteiger partial charge in [0.25, 0.3) is 0 Å². The maximum Gasteiger partial charge on any atom is 0.166 e. The predicted molar refractivity (Wildman–Crippen MR) is 113 cm³/mol. The topological polar surface area (TPSA) is 77.4 Å². The molecule has 0 aliphatic heterocycles. The van der Waals surface area contributed by atoms with Gasteiger partial charge in [-0.05, 0) is 35.4 Å². The third-order valence-corrected chi connectivity index (χ3v) is 4.58. The van der Waals surface area contributed by atoms with Gasteiger partial charge in [-0.25, -0.2) is 0 Å². The Morgan fingerprint density at radius 1 is 0.750 bits per heavy atom. The minimum absolute atomic E-state index is 0.0683. The van der Waals surface area contributed by atoms with Crippen molar-refractivity contribution in [2.75, 3.05) is 28.4 Å². The summed E-state index contributed by atoms with van der Waals surface area (Å²) in [7, 11) is 6.22. The summed E-state index contributed by atoms with van der Waals surface area (Å²) < 4.78 is 20.6. The highest BCUT2D eigenvalue weighted by Crippen LogP contribution is 2.34. The summed E-state index contributed by atoms with van der Waals surface area (Å²) in [6.45, 7) is -0.161. The van der Waals surface area contributed by atoms with Gasteiger partial charge >= 0.3 is 0 Å². The number of thiol groups is 1. The normalized spacial score (nSPS) is 10.0. The van der Waals surface area contributed by atoms with Crippen molar-refractivity contribution in [1.29, 1.82) is 0 Å². The quantitative estimate of drug-likeness (QED) is 0.439. The van der Waals surface area contributed by atoms with Crippen molar-refractivity contribution in [1.82, 2.24) is 0 Å². The van der Waals surface area contributed by atoms with Gasteiger partial charge < -0.3 is 29.2 Å². The summed E-state index contributed by atoms with van der Waals surface area (Å²) in [4.78, 5) is 0. The summed E-state index contributed by atoms with van der Waals surface area (Å²) >= 11 is 9.87. The van der Waals surface area contributed by atoms with E-state index in [2.05, 4.69) is 12.6 Å². The number of aliphatic hydroxyl groups is 2. The summed E-state index contributed by atoms with van der Waals surface area (Å²) in [6.07, 6.45) is 0. The van der Waals surface area contributed by atoms with Gasteiger partial charge in [-0.1, -0.05) is 0 Å². The number of halogens is 1. The van der Waals surface area contributed by atoms with Crippen molar-refractivity contribution in [3.8, 4) is 23.0 Å². The second-order valence-electron chi connectivity index (χ2n) is 5.59. The molecule has 0 aromatic heterocycles. The van der Waals surface area contributed by atoms with Crippen LogP contribution in [0.5, 0.6) is 23.0 Å². The van der Waals surface area contributed by atoms with Crippen LogP contribution in [0.1, 0.15) is 22.3 Å². The van der Waals surface area contributed by atoms with E-state index in [9.17, 15) is 0 Å². The van der Waals surface area contributed by atoms with Crippen LogP contribution in [0.3, 0.4) is 0 Å². The third kappa shape index (κ3) is 6.10. The first-order valence-corrected chi connectivity index (χ1v) is 9.56. The van der Waals surface area contributed by atoms with E-state index in [1.165, 1.54) is 7.11 Å². The molecule has 2 N–H and O–H groups in total. The van der Waals surface area contributed by atoms with Crippen molar-refractivity contribution in [3.63, 3.8) is 0 Å². The molecule has 0 heterocycles. The summed E-state index contributed by atoms with van der Waals surface area (Å²) in [5.74, 6) is 3.35. The molecule has 0 radical (unpaired) electrons. The summed E-state index contributed by atoms with van der Waals surface area (Å²) in [5, 5.41) is 18.2. The van der Waals surface area contributed by atoms with Gasteiger partial charge in [-0.3, -0.25) is 0 Å². The zero-order chi connectivity index (χ0) is 21.1. The number of aliphatic hydroxyl groups excluding tert-OH is 2. The van der Waals surface area contributed by atoms with Gasteiger partial charge in [0.05, 0.1) is 41.7 Å². The zero-order valence-corrected chi connectivity index (χ0v) is 18.1. The molecule has 0 unspecified atom stereocenters. The van der Waals surface area contributed by atoms with Gasteiger partial charge in [-0.2, -0.15) is 12.6 Å². The van der Waals surface area contributed by atoms with Crippen LogP contribution in [0.2, 0.25) is 0 Å². The van der Waals surface area contributed by atoms with Crippen LogP contribution in [0.4, 0.5) is 0 Å². The van der Waals surface area contributed by atoms with Crippen molar-refractivity contribution in [2.24, 2.45) is 0 Å². The minimum Gasteiger partial charge on any atom is -0.493 e. The number of hydrogen-bond donors (Lipinski definition) is 3. The molecule has 2 aromatic rings. The molecule has 0 bridgehead atoms. The lowest BCUT2D eigenvalue weighted by Crippen LogP contribution is -1.97. The Hall–Kier alpha value is -1.80. The maximum absolute atomic E-state index is 9.13. The Balaban J connectivity index is 0.000000280. The Bertz CT molecular complexity index is 640. The van der Waals surface area contributed by atoms with E-state index in [1.807, 2.05) is 12.1 Å². The molecule has 2 aromatic carbocycles. The molecule has 0 aliphatic carbocycles. The van der Waals surface area contributed by atoms with Crippen LogP contribution >= 0.6 is 24.2 Å². The van der Waals surface area contributed by atoms with E-state index in [0.29, 0.717) is 40.2 Å². The van der Waals surface area contributed by atoms with E-state index in [-0.39, 0.29) is 13.2 Å². The predicted octanol–water partition coefficient (Wildman–Crippen LogP) is 3.56. The molecule has 0 aliphatic rings. The molecule has 0 amide bonds. The van der Waals surface area contributed by atoms with Gasteiger partial charge in [-0.15, -0.1) is 11.6 Å². The molecular formula is C20H27ClO6S. The van der Waals surface area contributed by atoms with Crippen molar-refractivity contribution in [2.45, 2.75) is 24.8 Å². The average molecular weight is 431 g/mol. The van der Waals surface area contributed by atoms with E-state index in [4.69, 9.17) is 40.8 Å². The largest absolute Gasteiger partial charge is 0.493 e. The van der Waals surface area contributed by atoms with Gasteiger partial charge in [0, 0.05) is 22.8 Å². The molecule has 6 nitrogen and oxygen atoms in total. The summed E-state index contributed by atoms with van der Waals surface area (Å²) in [6, 6.07) is 7.30. The SMILES string of the molecule is COc1cc(CCl)cc(CO)c1OC.COc1cc(CS)cc(CO)c1OC. The molecule has 28 heavy (non-hydrogen) atoms. The number of hydrogen-bond acceptors (Lipinski definition) is 7. The van der Waals surface area contributed by atoms with Crippen LogP contribution in [-0.4, -0.2) is 38.7 Å². The Kier molecular flexibility index (Phi) is 10.9. The molecule has 8 heteroatoms. The molecule has 2 rings (SSSR count). The molecule has 0 atom stereocenters. The number of methoxy groups -OCH3 is 4. The molecule has 0 fully saturated rings. The van der Waals surface area contributed by atoms with E-state index < -0.39 is 0 Å². The minimum atomic E-state index is -0.0930. The average Bonchev–Trinajstić information content (AvgIpc) is 2.76. The number of alkyl halides is 1. The van der Waals surface area contributed by atoms with Crippen LogP contribution in [-0.2, 0) is 24.8 Å². The fourth-order valence-corrected chi connectivity index (χ4v) is 2.95. The van der Waals surface area contributed by atoms with Crippen molar-refractivity contribution >= 4 is 24.2 Å². The number of benzene rings is 2. The molecule has 0 spiro atoms. The molecular weight excluding hydrogens is 404 g/mol. The van der Waals surface area contributed by atoms with E-state index >= 15 is 0 Å². The molecule has 0 saturated heterocycles. The fraction of sp³-hybridized carbons (Fsp3) is 0.400. The Labute approximate surface area is 176 Å². The number of rotatable bonds is 8. The first kappa shape index (κ1) is 24.2. The van der Waals surface area contributed by atoms with Gasteiger partial charge in [0.1, 0.15) is 0 Å². The lowest BCUT2D eigenvalue weighted by atomic mass is 10.1. The van der Waals surface area contributed by atoms with E-state index in [1.54, 1.807) is 33.5 Å². The highest BCUT2D eigenvalue weighted by Gasteiger charge is 2.11. The molecule has 156 valence electrons. The standard InChI is InChI=1S/C10H13ClO3.C10H14O3S/c1-13-9-4-7(5-11)3-8(6-12)10(9)14-2;1-12-9-4-7(6-14)3-8(5-11)10(9)13-2/h3-4,12H,5-6H2,1-2H3;3-4,11,14H,5-6H2,1-2H3. The van der Waals surface area contributed by atoms with Crippen LogP contribution in [0.25, 0.3) is 0 Å². The highest BCUT2D eigenvalue weighted by molar-refractivity contribution is 7.79. The van der Waals surface area contributed by atoms with Crippen molar-refractivity contribution < 1.29 is 29.2 Å². The van der Waals surface area contributed by atoms with Gasteiger partial charge in [0.2, 0.25) is 0 Å². The van der Waals surface area contributed by atoms with Crippen LogP contribution < -0.4 is 18.9 Å².